The second-order valence-electron chi connectivity index (χ2n) is 2.18. The van der Waals surface area contributed by atoms with Crippen LogP contribution in [0.25, 0.3) is 0 Å². The van der Waals surface area contributed by atoms with Crippen LogP contribution in [0.5, 0.6) is 17.2 Å². The van der Waals surface area contributed by atoms with Crippen LogP contribution < -0.4 is 10.5 Å². The molecule has 0 aliphatic heterocycles. The fourth-order valence-corrected chi connectivity index (χ4v) is 0.822. The Morgan fingerprint density at radius 3 is 2.50 bits per heavy atom. The molecule has 5 heteroatoms. The molecule has 0 radical (unpaired) electrons. The average molecular weight is 173 g/mol. The Hall–Kier alpha value is -1.65. The maximum absolute atomic E-state index is 12.8. The van der Waals surface area contributed by atoms with Gasteiger partial charge in [-0.2, -0.15) is 0 Å². The highest BCUT2D eigenvalue weighted by Crippen LogP contribution is 2.41. The summed E-state index contributed by atoms with van der Waals surface area (Å²) in [7, 11) is 1.17. The topological polar surface area (TPSA) is 75.7 Å². The Bertz CT molecular complexity index is 314. The smallest absolute Gasteiger partial charge is 0.205 e. The summed E-state index contributed by atoms with van der Waals surface area (Å²) in [6.07, 6.45) is 0. The zero-order valence-corrected chi connectivity index (χ0v) is 6.34. The number of aromatic hydroxyl groups is 2. The third-order valence-corrected chi connectivity index (χ3v) is 1.42. The van der Waals surface area contributed by atoms with Crippen molar-refractivity contribution < 1.29 is 19.3 Å². The number of phenolic OH excluding ortho intramolecular Hbond substituents is 2. The third kappa shape index (κ3) is 1.09. The van der Waals surface area contributed by atoms with Crippen LogP contribution in [0.15, 0.2) is 6.07 Å². The van der Waals surface area contributed by atoms with Crippen LogP contribution >= 0.6 is 0 Å². The molecule has 0 unspecified atom stereocenters. The molecule has 4 nitrogen and oxygen atoms in total. The summed E-state index contributed by atoms with van der Waals surface area (Å²) in [5.74, 6) is -2.49. The van der Waals surface area contributed by atoms with Gasteiger partial charge >= 0.3 is 0 Å². The minimum Gasteiger partial charge on any atom is -0.503 e. The number of nitrogens with two attached hydrogens (primary N) is 1. The van der Waals surface area contributed by atoms with E-state index >= 15 is 0 Å². The minimum absolute atomic E-state index is 0.231. The van der Waals surface area contributed by atoms with Gasteiger partial charge in [-0.1, -0.05) is 0 Å². The van der Waals surface area contributed by atoms with Crippen molar-refractivity contribution in [3.63, 3.8) is 0 Å². The molecule has 4 N–H and O–H groups in total. The minimum atomic E-state index is -0.815. The summed E-state index contributed by atoms with van der Waals surface area (Å²) < 4.78 is 17.3. The first kappa shape index (κ1) is 8.45. The third-order valence-electron chi connectivity index (χ3n) is 1.42. The molecule has 0 spiro atoms. The Kier molecular flexibility index (Phi) is 1.95. The number of methoxy groups -OCH3 is 1. The summed E-state index contributed by atoms with van der Waals surface area (Å²) in [5.41, 5.74) is 4.91. The molecule has 1 aromatic rings. The van der Waals surface area contributed by atoms with Gasteiger partial charge in [-0.05, 0) is 0 Å². The Morgan fingerprint density at radius 1 is 1.42 bits per heavy atom. The molecule has 0 aliphatic carbocycles. The molecule has 0 aliphatic rings. The molecule has 0 amide bonds. The van der Waals surface area contributed by atoms with Crippen LogP contribution in [0.1, 0.15) is 0 Å². The molecule has 0 bridgehead atoms. The van der Waals surface area contributed by atoms with Gasteiger partial charge in [0.1, 0.15) is 0 Å². The predicted molar refractivity (Wildman–Crippen MR) is 40.7 cm³/mol. The van der Waals surface area contributed by atoms with Gasteiger partial charge in [0.15, 0.2) is 11.6 Å². The summed E-state index contributed by atoms with van der Waals surface area (Å²) in [6.45, 7) is 0. The van der Waals surface area contributed by atoms with Crippen molar-refractivity contribution in [2.75, 3.05) is 12.8 Å². The quantitative estimate of drug-likeness (QED) is 0.434. The van der Waals surface area contributed by atoms with Gasteiger partial charge < -0.3 is 20.7 Å². The van der Waals surface area contributed by atoms with E-state index in [1.54, 1.807) is 0 Å². The van der Waals surface area contributed by atoms with E-state index in [2.05, 4.69) is 4.74 Å². The van der Waals surface area contributed by atoms with E-state index in [-0.39, 0.29) is 5.69 Å². The van der Waals surface area contributed by atoms with E-state index in [9.17, 15) is 4.39 Å². The number of hydrogen-bond acceptors (Lipinski definition) is 4. The zero-order valence-electron chi connectivity index (χ0n) is 6.34. The zero-order chi connectivity index (χ0) is 9.30. The van der Waals surface area contributed by atoms with Crippen molar-refractivity contribution >= 4 is 5.69 Å². The van der Waals surface area contributed by atoms with E-state index in [4.69, 9.17) is 15.9 Å². The summed E-state index contributed by atoms with van der Waals surface area (Å²) in [5, 5.41) is 18.1. The number of halogens is 1. The van der Waals surface area contributed by atoms with Gasteiger partial charge in [0.25, 0.3) is 0 Å². The summed E-state index contributed by atoms with van der Waals surface area (Å²) in [6, 6.07) is 0.869. The molecule has 0 aromatic heterocycles. The van der Waals surface area contributed by atoms with Gasteiger partial charge in [-0.15, -0.1) is 0 Å². The largest absolute Gasteiger partial charge is 0.503 e. The Balaban J connectivity index is 3.40. The first-order chi connectivity index (χ1) is 5.57. The normalized spacial score (nSPS) is 9.83. The van der Waals surface area contributed by atoms with Gasteiger partial charge in [-0.3, -0.25) is 0 Å². The average Bonchev–Trinajstić information content (AvgIpc) is 2.01. The fourth-order valence-electron chi connectivity index (χ4n) is 0.822. The highest BCUT2D eigenvalue weighted by Gasteiger charge is 2.15. The van der Waals surface area contributed by atoms with Crippen molar-refractivity contribution in [3.8, 4) is 17.2 Å². The van der Waals surface area contributed by atoms with Gasteiger partial charge in [0.2, 0.25) is 11.5 Å². The van der Waals surface area contributed by atoms with Crippen molar-refractivity contribution in [1.29, 1.82) is 0 Å². The molecule has 0 fully saturated rings. The van der Waals surface area contributed by atoms with E-state index in [0.717, 1.165) is 6.07 Å². The van der Waals surface area contributed by atoms with Crippen molar-refractivity contribution in [2.45, 2.75) is 0 Å². The van der Waals surface area contributed by atoms with Crippen LogP contribution in [0, 0.1) is 5.82 Å². The second-order valence-corrected chi connectivity index (χ2v) is 2.18. The van der Waals surface area contributed by atoms with Crippen LogP contribution in [0.4, 0.5) is 10.1 Å². The number of ether oxygens (including phenoxy) is 1. The van der Waals surface area contributed by atoms with E-state index in [1.165, 1.54) is 7.11 Å². The van der Waals surface area contributed by atoms with Crippen LogP contribution in [0.2, 0.25) is 0 Å². The van der Waals surface area contributed by atoms with Gasteiger partial charge in [0, 0.05) is 6.07 Å². The highest BCUT2D eigenvalue weighted by atomic mass is 19.1. The van der Waals surface area contributed by atoms with E-state index in [0.29, 0.717) is 0 Å². The van der Waals surface area contributed by atoms with Crippen molar-refractivity contribution in [1.82, 2.24) is 0 Å². The molecule has 0 saturated heterocycles. The van der Waals surface area contributed by atoms with Gasteiger partial charge in [0.05, 0.1) is 12.8 Å². The van der Waals surface area contributed by atoms with Crippen molar-refractivity contribution in [2.24, 2.45) is 0 Å². The maximum Gasteiger partial charge on any atom is 0.205 e. The number of nitrogen functional groups attached to an aromatic ring is 1. The molecule has 12 heavy (non-hydrogen) atoms. The standard InChI is InChI=1S/C7H8FNO3/c1-12-7-3(8)2-4(9)5(10)6(7)11/h2,10-11H,9H2,1H3. The monoisotopic (exact) mass is 173 g/mol. The molecule has 1 aromatic carbocycles. The number of rotatable bonds is 1. The maximum atomic E-state index is 12.8. The molecule has 0 saturated carbocycles. The van der Waals surface area contributed by atoms with E-state index < -0.39 is 23.1 Å². The lowest BCUT2D eigenvalue weighted by Gasteiger charge is -2.07. The first-order valence-corrected chi connectivity index (χ1v) is 3.11. The van der Waals surface area contributed by atoms with Gasteiger partial charge in [-0.25, -0.2) is 4.39 Å². The first-order valence-electron chi connectivity index (χ1n) is 3.11. The number of benzene rings is 1. The molecule has 1 rings (SSSR count). The van der Waals surface area contributed by atoms with Crippen LogP contribution in [-0.2, 0) is 0 Å². The lowest BCUT2D eigenvalue weighted by atomic mass is 10.2. The molecular weight excluding hydrogens is 165 g/mol. The molecule has 0 heterocycles. The highest BCUT2D eigenvalue weighted by molar-refractivity contribution is 5.64. The molecular formula is C7H8FNO3. The second kappa shape index (κ2) is 2.77. The molecule has 66 valence electrons. The predicted octanol–water partition coefficient (Wildman–Crippen LogP) is 0.828. The SMILES string of the molecule is COc1c(F)cc(N)c(O)c1O. The Morgan fingerprint density at radius 2 is 2.00 bits per heavy atom. The van der Waals surface area contributed by atoms with Crippen LogP contribution in [-0.4, -0.2) is 17.3 Å². The molecule has 0 atom stereocenters. The lowest BCUT2D eigenvalue weighted by Crippen LogP contribution is -1.93. The van der Waals surface area contributed by atoms with Crippen molar-refractivity contribution in [3.05, 3.63) is 11.9 Å². The number of hydrogen-bond donors (Lipinski definition) is 3. The summed E-state index contributed by atoms with van der Waals surface area (Å²) in [4.78, 5) is 0. The summed E-state index contributed by atoms with van der Waals surface area (Å²) >= 11 is 0. The Labute approximate surface area is 68.0 Å². The fraction of sp³-hybridized carbons (Fsp3) is 0.143. The lowest BCUT2D eigenvalue weighted by molar-refractivity contribution is 0.334. The van der Waals surface area contributed by atoms with E-state index in [1.807, 2.05) is 0 Å². The number of anilines is 1. The van der Waals surface area contributed by atoms with Crippen LogP contribution in [0.3, 0.4) is 0 Å². The number of phenols is 2.